The van der Waals surface area contributed by atoms with Gasteiger partial charge in [-0.2, -0.15) is 0 Å². The summed E-state index contributed by atoms with van der Waals surface area (Å²) in [6, 6.07) is 12.2. The Labute approximate surface area is 176 Å². The van der Waals surface area contributed by atoms with Gasteiger partial charge < -0.3 is 5.32 Å². The summed E-state index contributed by atoms with van der Waals surface area (Å²) in [4.78, 5) is 21.0. The van der Waals surface area contributed by atoms with E-state index in [0.29, 0.717) is 16.9 Å². The third kappa shape index (κ3) is 5.67. The van der Waals surface area contributed by atoms with Crippen molar-refractivity contribution in [1.29, 1.82) is 0 Å². The minimum atomic E-state index is -0.0307. The van der Waals surface area contributed by atoms with Gasteiger partial charge in [-0.25, -0.2) is 4.98 Å². The fourth-order valence-electron chi connectivity index (χ4n) is 3.02. The van der Waals surface area contributed by atoms with Crippen LogP contribution in [0.5, 0.6) is 0 Å². The zero-order valence-electron chi connectivity index (χ0n) is 17.2. The van der Waals surface area contributed by atoms with Crippen molar-refractivity contribution in [2.45, 2.75) is 44.8 Å². The predicted octanol–water partition coefficient (Wildman–Crippen LogP) is 4.60. The molecule has 0 radical (unpaired) electrons. The number of carbonyl (C=O) groups is 1. The number of carbonyl (C=O) groups excluding carboxylic acids is 1. The number of amides is 1. The number of H-pyrrole nitrogens is 1. The summed E-state index contributed by atoms with van der Waals surface area (Å²) in [5.74, 6) is 1.68. The normalized spacial score (nSPS) is 12.3. The number of hydrogen-bond acceptors (Lipinski definition) is 5. The molecule has 29 heavy (non-hydrogen) atoms. The molecule has 2 heterocycles. The van der Waals surface area contributed by atoms with Crippen molar-refractivity contribution in [3.8, 4) is 11.4 Å². The fraction of sp³-hybridized carbons (Fsp3) is 0.364. The molecule has 0 aliphatic carbocycles. The number of pyridine rings is 1. The second-order valence-electron chi connectivity index (χ2n) is 7.60. The molecule has 6 nitrogen and oxygen atoms in total. The molecule has 3 aromatic rings. The zero-order chi connectivity index (χ0) is 20.8. The lowest BCUT2D eigenvalue weighted by molar-refractivity contribution is -0.119. The first-order chi connectivity index (χ1) is 13.9. The minimum Gasteiger partial charge on any atom is -0.348 e. The third-order valence-electron chi connectivity index (χ3n) is 4.70. The van der Waals surface area contributed by atoms with Crippen LogP contribution in [0.3, 0.4) is 0 Å². The van der Waals surface area contributed by atoms with E-state index in [9.17, 15) is 4.79 Å². The van der Waals surface area contributed by atoms with Crippen molar-refractivity contribution in [2.24, 2.45) is 5.92 Å². The Morgan fingerprint density at radius 1 is 1.03 bits per heavy atom. The molecule has 152 valence electrons. The molecule has 2 aromatic heterocycles. The molecule has 1 amide bonds. The van der Waals surface area contributed by atoms with E-state index in [4.69, 9.17) is 0 Å². The molecule has 0 saturated heterocycles. The smallest absolute Gasteiger partial charge is 0.230 e. The summed E-state index contributed by atoms with van der Waals surface area (Å²) in [6.07, 6.45) is 3.41. The first kappa shape index (κ1) is 21.0. The molecule has 0 bridgehead atoms. The predicted molar refractivity (Wildman–Crippen MR) is 117 cm³/mol. The summed E-state index contributed by atoms with van der Waals surface area (Å²) >= 11 is 1.32. The van der Waals surface area contributed by atoms with E-state index in [0.717, 1.165) is 11.1 Å². The number of benzene rings is 1. The van der Waals surface area contributed by atoms with Crippen LogP contribution < -0.4 is 5.32 Å². The van der Waals surface area contributed by atoms with Gasteiger partial charge in [-0.3, -0.25) is 14.9 Å². The van der Waals surface area contributed by atoms with Crippen LogP contribution in [0.2, 0.25) is 0 Å². The summed E-state index contributed by atoms with van der Waals surface area (Å²) in [5, 5.41) is 10.8. The summed E-state index contributed by atoms with van der Waals surface area (Å²) in [5.41, 5.74) is 3.34. The number of nitrogens with zero attached hydrogens (tertiary/aromatic N) is 3. The standard InChI is InChI=1S/C22H27N5OS/c1-14(2)16-5-7-17(8-6-16)20(15(3)4)24-19(28)13-29-22-25-21(26-27-22)18-9-11-23-12-10-18/h5-12,14-15,20H,13H2,1-4H3,(H,24,28)(H,25,26,27)/t20-/m0/s1. The lowest BCUT2D eigenvalue weighted by Crippen LogP contribution is -2.33. The maximum Gasteiger partial charge on any atom is 0.230 e. The SMILES string of the molecule is CC(C)c1ccc([C@@H](NC(=O)CSc2n[nH]c(-c3ccncc3)n2)C(C)C)cc1. The third-order valence-corrected chi connectivity index (χ3v) is 5.54. The highest BCUT2D eigenvalue weighted by atomic mass is 32.2. The highest BCUT2D eigenvalue weighted by Crippen LogP contribution is 2.25. The Kier molecular flexibility index (Phi) is 7.04. The van der Waals surface area contributed by atoms with Gasteiger partial charge in [0.1, 0.15) is 0 Å². The molecule has 3 rings (SSSR count). The molecule has 7 heteroatoms. The molecule has 0 spiro atoms. The van der Waals surface area contributed by atoms with Crippen molar-refractivity contribution >= 4 is 17.7 Å². The molecular weight excluding hydrogens is 382 g/mol. The van der Waals surface area contributed by atoms with Gasteiger partial charge in [0, 0.05) is 18.0 Å². The second-order valence-corrected chi connectivity index (χ2v) is 8.54. The van der Waals surface area contributed by atoms with E-state index in [-0.39, 0.29) is 23.6 Å². The van der Waals surface area contributed by atoms with Crippen LogP contribution in [-0.2, 0) is 4.79 Å². The van der Waals surface area contributed by atoms with E-state index in [1.807, 2.05) is 12.1 Å². The molecule has 0 aliphatic heterocycles. The Bertz CT molecular complexity index is 922. The molecule has 1 atom stereocenters. The van der Waals surface area contributed by atoms with Gasteiger partial charge in [-0.05, 0) is 35.1 Å². The van der Waals surface area contributed by atoms with E-state index < -0.39 is 0 Å². The van der Waals surface area contributed by atoms with Crippen molar-refractivity contribution in [3.63, 3.8) is 0 Å². The minimum absolute atomic E-state index is 0.0242. The van der Waals surface area contributed by atoms with Gasteiger partial charge in [0.15, 0.2) is 5.82 Å². The number of aromatic amines is 1. The van der Waals surface area contributed by atoms with Gasteiger partial charge >= 0.3 is 0 Å². The Hall–Kier alpha value is -2.67. The van der Waals surface area contributed by atoms with E-state index in [1.54, 1.807) is 12.4 Å². The number of nitrogens with one attached hydrogen (secondary N) is 2. The van der Waals surface area contributed by atoms with E-state index >= 15 is 0 Å². The number of rotatable bonds is 8. The molecule has 0 saturated carbocycles. The molecule has 0 fully saturated rings. The van der Waals surface area contributed by atoms with Gasteiger partial charge in [0.25, 0.3) is 0 Å². The Morgan fingerprint density at radius 3 is 2.31 bits per heavy atom. The average molecular weight is 410 g/mol. The Morgan fingerprint density at radius 2 is 1.69 bits per heavy atom. The van der Waals surface area contributed by atoms with Gasteiger partial charge in [0.2, 0.25) is 11.1 Å². The Balaban J connectivity index is 1.59. The average Bonchev–Trinajstić information content (AvgIpc) is 3.20. The molecule has 0 aliphatic rings. The zero-order valence-corrected chi connectivity index (χ0v) is 18.0. The maximum absolute atomic E-state index is 12.6. The molecular formula is C22H27N5OS. The fourth-order valence-corrected chi connectivity index (χ4v) is 3.63. The summed E-state index contributed by atoms with van der Waals surface area (Å²) in [7, 11) is 0. The van der Waals surface area contributed by atoms with Crippen molar-refractivity contribution in [2.75, 3.05) is 5.75 Å². The van der Waals surface area contributed by atoms with Gasteiger partial charge in [0.05, 0.1) is 11.8 Å². The van der Waals surface area contributed by atoms with Crippen LogP contribution in [0.4, 0.5) is 0 Å². The first-order valence-corrected chi connectivity index (χ1v) is 10.8. The van der Waals surface area contributed by atoms with Crippen LogP contribution in [0.15, 0.2) is 53.9 Å². The van der Waals surface area contributed by atoms with Crippen LogP contribution >= 0.6 is 11.8 Å². The van der Waals surface area contributed by atoms with Crippen LogP contribution in [-0.4, -0.2) is 31.8 Å². The second kappa shape index (κ2) is 9.69. The number of thioether (sulfide) groups is 1. The van der Waals surface area contributed by atoms with Gasteiger partial charge in [-0.1, -0.05) is 63.7 Å². The lowest BCUT2D eigenvalue weighted by atomic mass is 9.93. The quantitative estimate of drug-likeness (QED) is 0.532. The van der Waals surface area contributed by atoms with Crippen molar-refractivity contribution < 1.29 is 4.79 Å². The molecule has 2 N–H and O–H groups in total. The van der Waals surface area contributed by atoms with Crippen LogP contribution in [0.1, 0.15) is 50.8 Å². The summed E-state index contributed by atoms with van der Waals surface area (Å²) in [6.45, 7) is 8.59. The lowest BCUT2D eigenvalue weighted by Gasteiger charge is -2.23. The maximum atomic E-state index is 12.6. The van der Waals surface area contributed by atoms with E-state index in [2.05, 4.69) is 77.4 Å². The summed E-state index contributed by atoms with van der Waals surface area (Å²) < 4.78 is 0. The topological polar surface area (TPSA) is 83.6 Å². The number of aromatic nitrogens is 4. The van der Waals surface area contributed by atoms with Crippen molar-refractivity contribution in [3.05, 3.63) is 59.9 Å². The highest BCUT2D eigenvalue weighted by Gasteiger charge is 2.19. The molecule has 1 aromatic carbocycles. The first-order valence-electron chi connectivity index (χ1n) is 9.79. The molecule has 0 unspecified atom stereocenters. The highest BCUT2D eigenvalue weighted by molar-refractivity contribution is 7.99. The number of hydrogen-bond donors (Lipinski definition) is 2. The van der Waals surface area contributed by atoms with Crippen molar-refractivity contribution in [1.82, 2.24) is 25.5 Å². The van der Waals surface area contributed by atoms with E-state index in [1.165, 1.54) is 17.3 Å². The largest absolute Gasteiger partial charge is 0.348 e. The monoisotopic (exact) mass is 409 g/mol. The van der Waals surface area contributed by atoms with Crippen LogP contribution in [0, 0.1) is 5.92 Å². The van der Waals surface area contributed by atoms with Crippen LogP contribution in [0.25, 0.3) is 11.4 Å². The van der Waals surface area contributed by atoms with Gasteiger partial charge in [-0.15, -0.1) is 5.10 Å².